The quantitative estimate of drug-likeness (QED) is 0.522. The van der Waals surface area contributed by atoms with E-state index in [1.54, 1.807) is 18.2 Å². The molecule has 1 aromatic carbocycles. The molecule has 1 aliphatic rings. The van der Waals surface area contributed by atoms with E-state index in [1.165, 1.54) is 13.2 Å². The summed E-state index contributed by atoms with van der Waals surface area (Å²) in [5.41, 5.74) is 5.60. The van der Waals surface area contributed by atoms with Crippen LogP contribution in [0, 0.1) is 11.3 Å². The standard InChI is InChI=1S/C18H21N3O5/c1-24-16-8-12(4-5-15(16)26-11-17(20)22)7-13(9-19)18(23)21-10-14-3-2-6-25-14/h4-5,7-8,14H,2-3,6,10-11H2,1H3,(H2,20,22)(H,21,23)/b13-7+/t14-/m0/s1. The normalized spacial score (nSPS) is 16.6. The minimum atomic E-state index is -0.606. The van der Waals surface area contributed by atoms with Crippen molar-refractivity contribution in [1.82, 2.24) is 5.32 Å². The number of hydrogen-bond acceptors (Lipinski definition) is 6. The zero-order chi connectivity index (χ0) is 18.9. The predicted octanol–water partition coefficient (Wildman–Crippen LogP) is 0.761. The van der Waals surface area contributed by atoms with Crippen LogP contribution in [0.4, 0.5) is 0 Å². The van der Waals surface area contributed by atoms with Crippen LogP contribution in [0.1, 0.15) is 18.4 Å². The Balaban J connectivity index is 2.07. The Bertz CT molecular complexity index is 733. The van der Waals surface area contributed by atoms with Gasteiger partial charge in [0, 0.05) is 13.2 Å². The molecule has 1 heterocycles. The SMILES string of the molecule is COc1cc(/C=C(\C#N)C(=O)NC[C@@H]2CCCO2)ccc1OCC(N)=O. The van der Waals surface area contributed by atoms with Crippen molar-refractivity contribution in [1.29, 1.82) is 5.26 Å². The molecule has 0 bridgehead atoms. The number of amides is 2. The number of benzene rings is 1. The van der Waals surface area contributed by atoms with Gasteiger partial charge in [-0.15, -0.1) is 0 Å². The molecule has 0 unspecified atom stereocenters. The zero-order valence-electron chi connectivity index (χ0n) is 14.5. The van der Waals surface area contributed by atoms with Crippen molar-refractivity contribution in [3.63, 3.8) is 0 Å². The molecule has 0 radical (unpaired) electrons. The first-order valence-electron chi connectivity index (χ1n) is 8.14. The van der Waals surface area contributed by atoms with Crippen molar-refractivity contribution in [3.8, 4) is 17.6 Å². The number of hydrogen-bond donors (Lipinski definition) is 2. The van der Waals surface area contributed by atoms with Gasteiger partial charge in [-0.2, -0.15) is 5.26 Å². The average Bonchev–Trinajstić information content (AvgIpc) is 3.16. The predicted molar refractivity (Wildman–Crippen MR) is 93.3 cm³/mol. The zero-order valence-corrected chi connectivity index (χ0v) is 14.5. The second-order valence-electron chi connectivity index (χ2n) is 5.68. The Labute approximate surface area is 151 Å². The third kappa shape index (κ3) is 5.50. The van der Waals surface area contributed by atoms with E-state index < -0.39 is 11.8 Å². The van der Waals surface area contributed by atoms with E-state index in [4.69, 9.17) is 19.9 Å². The van der Waals surface area contributed by atoms with Gasteiger partial charge in [-0.05, 0) is 36.6 Å². The van der Waals surface area contributed by atoms with E-state index in [9.17, 15) is 14.9 Å². The lowest BCUT2D eigenvalue weighted by Gasteiger charge is -2.11. The van der Waals surface area contributed by atoms with Gasteiger partial charge in [-0.3, -0.25) is 9.59 Å². The molecule has 26 heavy (non-hydrogen) atoms. The van der Waals surface area contributed by atoms with Crippen LogP contribution in [-0.4, -0.2) is 44.8 Å². The monoisotopic (exact) mass is 359 g/mol. The molecule has 138 valence electrons. The number of methoxy groups -OCH3 is 1. The highest BCUT2D eigenvalue weighted by molar-refractivity contribution is 6.01. The lowest BCUT2D eigenvalue weighted by Crippen LogP contribution is -2.32. The van der Waals surface area contributed by atoms with E-state index in [1.807, 2.05) is 6.07 Å². The number of carbonyl (C=O) groups excluding carboxylic acids is 2. The van der Waals surface area contributed by atoms with Gasteiger partial charge in [0.15, 0.2) is 18.1 Å². The highest BCUT2D eigenvalue weighted by Gasteiger charge is 2.17. The van der Waals surface area contributed by atoms with E-state index in [0.29, 0.717) is 30.2 Å². The number of nitrogens with zero attached hydrogens (tertiary/aromatic N) is 1. The smallest absolute Gasteiger partial charge is 0.262 e. The van der Waals surface area contributed by atoms with Gasteiger partial charge in [0.2, 0.25) is 0 Å². The van der Waals surface area contributed by atoms with Crippen LogP contribution < -0.4 is 20.5 Å². The molecular weight excluding hydrogens is 338 g/mol. The van der Waals surface area contributed by atoms with Crippen LogP contribution in [0.5, 0.6) is 11.5 Å². The molecule has 1 aromatic rings. The first kappa shape index (κ1) is 19.3. The molecule has 2 rings (SSSR count). The molecule has 8 nitrogen and oxygen atoms in total. The Morgan fingerprint density at radius 1 is 1.46 bits per heavy atom. The van der Waals surface area contributed by atoms with Gasteiger partial charge in [0.25, 0.3) is 11.8 Å². The van der Waals surface area contributed by atoms with Crippen LogP contribution in [0.15, 0.2) is 23.8 Å². The van der Waals surface area contributed by atoms with Gasteiger partial charge in [-0.1, -0.05) is 6.07 Å². The van der Waals surface area contributed by atoms with Crippen LogP contribution in [0.3, 0.4) is 0 Å². The number of ether oxygens (including phenoxy) is 3. The number of rotatable bonds is 8. The summed E-state index contributed by atoms with van der Waals surface area (Å²) in [5, 5.41) is 12.0. The molecule has 1 aliphatic heterocycles. The molecule has 0 aliphatic carbocycles. The van der Waals surface area contributed by atoms with Crippen molar-refractivity contribution in [2.75, 3.05) is 26.9 Å². The summed E-state index contributed by atoms with van der Waals surface area (Å²) in [6.07, 6.45) is 3.33. The van der Waals surface area contributed by atoms with E-state index >= 15 is 0 Å². The minimum Gasteiger partial charge on any atom is -0.493 e. The van der Waals surface area contributed by atoms with Crippen LogP contribution >= 0.6 is 0 Å². The molecular formula is C18H21N3O5. The second kappa shape index (κ2) is 9.44. The summed E-state index contributed by atoms with van der Waals surface area (Å²) >= 11 is 0. The van der Waals surface area contributed by atoms with Crippen LogP contribution in [0.2, 0.25) is 0 Å². The maximum atomic E-state index is 12.2. The van der Waals surface area contributed by atoms with Crippen LogP contribution in [-0.2, 0) is 14.3 Å². The van der Waals surface area contributed by atoms with Crippen molar-refractivity contribution in [3.05, 3.63) is 29.3 Å². The van der Waals surface area contributed by atoms with E-state index in [0.717, 1.165) is 12.8 Å². The third-order valence-corrected chi connectivity index (χ3v) is 3.75. The largest absolute Gasteiger partial charge is 0.493 e. The fraction of sp³-hybridized carbons (Fsp3) is 0.389. The summed E-state index contributed by atoms with van der Waals surface area (Å²) in [5.74, 6) is -0.372. The Hall–Kier alpha value is -3.05. The molecule has 1 saturated heterocycles. The maximum absolute atomic E-state index is 12.2. The maximum Gasteiger partial charge on any atom is 0.262 e. The van der Waals surface area contributed by atoms with E-state index in [2.05, 4.69) is 5.32 Å². The average molecular weight is 359 g/mol. The first-order valence-corrected chi connectivity index (χ1v) is 8.14. The molecule has 0 aromatic heterocycles. The Kier molecular flexibility index (Phi) is 7.00. The number of nitriles is 1. The summed E-state index contributed by atoms with van der Waals surface area (Å²) in [6, 6.07) is 6.71. The highest BCUT2D eigenvalue weighted by Crippen LogP contribution is 2.28. The molecule has 0 saturated carbocycles. The molecule has 3 N–H and O–H groups in total. The van der Waals surface area contributed by atoms with Crippen molar-refractivity contribution >= 4 is 17.9 Å². The lowest BCUT2D eigenvalue weighted by atomic mass is 10.1. The van der Waals surface area contributed by atoms with Gasteiger partial charge in [-0.25, -0.2) is 0 Å². The van der Waals surface area contributed by atoms with Gasteiger partial charge in [0.05, 0.1) is 13.2 Å². The fourth-order valence-corrected chi connectivity index (χ4v) is 2.46. The van der Waals surface area contributed by atoms with Crippen LogP contribution in [0.25, 0.3) is 6.08 Å². The minimum absolute atomic E-state index is 0.000625. The van der Waals surface area contributed by atoms with Crippen molar-refractivity contribution in [2.45, 2.75) is 18.9 Å². The van der Waals surface area contributed by atoms with Gasteiger partial charge in [0.1, 0.15) is 11.6 Å². The highest BCUT2D eigenvalue weighted by atomic mass is 16.5. The summed E-state index contributed by atoms with van der Waals surface area (Å²) < 4.78 is 15.9. The van der Waals surface area contributed by atoms with Crippen molar-refractivity contribution < 1.29 is 23.8 Å². The second-order valence-corrected chi connectivity index (χ2v) is 5.68. The number of nitrogens with two attached hydrogens (primary N) is 1. The lowest BCUT2D eigenvalue weighted by molar-refractivity contribution is -0.120. The number of carbonyl (C=O) groups is 2. The fourth-order valence-electron chi connectivity index (χ4n) is 2.46. The summed E-state index contributed by atoms with van der Waals surface area (Å²) in [7, 11) is 1.44. The number of primary amides is 1. The molecule has 2 amide bonds. The third-order valence-electron chi connectivity index (χ3n) is 3.75. The van der Waals surface area contributed by atoms with Gasteiger partial charge < -0.3 is 25.3 Å². The van der Waals surface area contributed by atoms with Gasteiger partial charge >= 0.3 is 0 Å². The summed E-state index contributed by atoms with van der Waals surface area (Å²) in [4.78, 5) is 23.0. The summed E-state index contributed by atoms with van der Waals surface area (Å²) in [6.45, 7) is 0.799. The Morgan fingerprint density at radius 3 is 2.88 bits per heavy atom. The molecule has 8 heteroatoms. The first-order chi connectivity index (χ1) is 12.5. The van der Waals surface area contributed by atoms with Crippen molar-refractivity contribution in [2.24, 2.45) is 5.73 Å². The Morgan fingerprint density at radius 2 is 2.27 bits per heavy atom. The topological polar surface area (TPSA) is 124 Å². The molecule has 1 fully saturated rings. The number of nitrogens with one attached hydrogen (secondary N) is 1. The van der Waals surface area contributed by atoms with E-state index in [-0.39, 0.29) is 18.3 Å². The molecule has 1 atom stereocenters. The molecule has 0 spiro atoms.